The third-order valence-electron chi connectivity index (χ3n) is 6.37. The molecular formula is C19H30O4. The van der Waals surface area contributed by atoms with E-state index in [1.807, 2.05) is 13.8 Å². The van der Waals surface area contributed by atoms with Gasteiger partial charge in [-0.05, 0) is 69.1 Å². The molecule has 4 fully saturated rings. The van der Waals surface area contributed by atoms with Gasteiger partial charge in [0.25, 0.3) is 0 Å². The zero-order valence-electron chi connectivity index (χ0n) is 14.7. The molecule has 4 saturated carbocycles. The zero-order chi connectivity index (χ0) is 16.6. The van der Waals surface area contributed by atoms with Crippen LogP contribution in [0.3, 0.4) is 0 Å². The smallest absolute Gasteiger partial charge is 0.309 e. The molecule has 0 saturated heterocycles. The average Bonchev–Trinajstić information content (AvgIpc) is 2.49. The maximum absolute atomic E-state index is 12.6. The summed E-state index contributed by atoms with van der Waals surface area (Å²) in [5.41, 5.74) is -0.187. The molecule has 4 nitrogen and oxygen atoms in total. The highest BCUT2D eigenvalue weighted by Crippen LogP contribution is 2.57. The van der Waals surface area contributed by atoms with Crippen LogP contribution in [-0.4, -0.2) is 24.6 Å². The maximum Gasteiger partial charge on any atom is 0.309 e. The molecule has 0 aromatic rings. The van der Waals surface area contributed by atoms with Gasteiger partial charge < -0.3 is 9.47 Å². The quantitative estimate of drug-likeness (QED) is 0.699. The number of hydrogen-bond acceptors (Lipinski definition) is 4. The van der Waals surface area contributed by atoms with Gasteiger partial charge in [0.2, 0.25) is 0 Å². The van der Waals surface area contributed by atoms with Gasteiger partial charge >= 0.3 is 11.9 Å². The maximum atomic E-state index is 12.6. The fourth-order valence-corrected chi connectivity index (χ4v) is 5.59. The Balaban J connectivity index is 1.59. The number of hydrogen-bond donors (Lipinski definition) is 0. The van der Waals surface area contributed by atoms with Gasteiger partial charge in [-0.25, -0.2) is 0 Å². The van der Waals surface area contributed by atoms with E-state index in [4.69, 9.17) is 9.47 Å². The van der Waals surface area contributed by atoms with E-state index in [1.165, 1.54) is 26.4 Å². The Morgan fingerprint density at radius 3 is 2.00 bits per heavy atom. The third kappa shape index (κ3) is 3.41. The van der Waals surface area contributed by atoms with E-state index in [-0.39, 0.29) is 29.4 Å². The molecule has 4 heteroatoms. The van der Waals surface area contributed by atoms with Crippen molar-refractivity contribution in [2.75, 3.05) is 7.11 Å². The predicted molar refractivity (Wildman–Crippen MR) is 86.6 cm³/mol. The van der Waals surface area contributed by atoms with E-state index >= 15 is 0 Å². The van der Waals surface area contributed by atoms with Gasteiger partial charge in [0.1, 0.15) is 5.60 Å². The molecule has 0 spiro atoms. The van der Waals surface area contributed by atoms with Crippen molar-refractivity contribution in [3.63, 3.8) is 0 Å². The lowest BCUT2D eigenvalue weighted by atomic mass is 9.54. The highest BCUT2D eigenvalue weighted by atomic mass is 16.6. The van der Waals surface area contributed by atoms with E-state index in [0.717, 1.165) is 37.0 Å². The highest BCUT2D eigenvalue weighted by molar-refractivity contribution is 5.76. The van der Waals surface area contributed by atoms with Gasteiger partial charge in [-0.2, -0.15) is 0 Å². The molecule has 4 aliphatic carbocycles. The van der Waals surface area contributed by atoms with E-state index in [1.54, 1.807) is 0 Å². The molecule has 4 rings (SSSR count). The van der Waals surface area contributed by atoms with Crippen molar-refractivity contribution in [1.82, 2.24) is 0 Å². The van der Waals surface area contributed by atoms with E-state index in [2.05, 4.69) is 0 Å². The van der Waals surface area contributed by atoms with Crippen LogP contribution in [0, 0.1) is 29.6 Å². The number of carbonyl (C=O) groups excluding carboxylic acids is 2. The summed E-state index contributed by atoms with van der Waals surface area (Å²) in [4.78, 5) is 24.4. The van der Waals surface area contributed by atoms with Gasteiger partial charge in [-0.1, -0.05) is 13.8 Å². The first-order chi connectivity index (χ1) is 10.9. The Kier molecular flexibility index (Phi) is 4.70. The van der Waals surface area contributed by atoms with E-state index in [9.17, 15) is 9.59 Å². The summed E-state index contributed by atoms with van der Waals surface area (Å²) in [6, 6.07) is 0. The van der Waals surface area contributed by atoms with Crippen LogP contribution in [0.1, 0.15) is 65.2 Å². The summed E-state index contributed by atoms with van der Waals surface area (Å²) in [5.74, 6) is 1.51. The van der Waals surface area contributed by atoms with Crippen molar-refractivity contribution < 1.29 is 19.1 Å². The normalized spacial score (nSPS) is 37.3. The fraction of sp³-hybridized carbons (Fsp3) is 0.895. The van der Waals surface area contributed by atoms with Crippen LogP contribution in [0.25, 0.3) is 0 Å². The monoisotopic (exact) mass is 322 g/mol. The third-order valence-corrected chi connectivity index (χ3v) is 6.37. The van der Waals surface area contributed by atoms with E-state index < -0.39 is 0 Å². The summed E-state index contributed by atoms with van der Waals surface area (Å²) < 4.78 is 10.9. The highest BCUT2D eigenvalue weighted by Gasteiger charge is 2.53. The lowest BCUT2D eigenvalue weighted by molar-refractivity contribution is -0.191. The van der Waals surface area contributed by atoms with Gasteiger partial charge in [-0.15, -0.1) is 0 Å². The van der Waals surface area contributed by atoms with E-state index in [0.29, 0.717) is 12.8 Å². The van der Waals surface area contributed by atoms with Crippen molar-refractivity contribution in [1.29, 1.82) is 0 Å². The second-order valence-electron chi connectivity index (χ2n) is 8.29. The molecule has 130 valence electrons. The second kappa shape index (κ2) is 6.45. The minimum absolute atomic E-state index is 0.116. The molecule has 0 N–H and O–H groups in total. The Labute approximate surface area is 139 Å². The van der Waals surface area contributed by atoms with Crippen LogP contribution in [-0.2, 0) is 19.1 Å². The first-order valence-electron chi connectivity index (χ1n) is 9.25. The molecule has 4 aliphatic rings. The number of methoxy groups -OCH3 is 1. The van der Waals surface area contributed by atoms with Gasteiger partial charge in [0.05, 0.1) is 18.9 Å². The van der Waals surface area contributed by atoms with Crippen LogP contribution >= 0.6 is 0 Å². The minimum Gasteiger partial charge on any atom is -0.469 e. The molecule has 0 heterocycles. The Bertz CT molecular complexity index is 435. The first-order valence-corrected chi connectivity index (χ1v) is 9.25. The van der Waals surface area contributed by atoms with Crippen molar-refractivity contribution in [3.05, 3.63) is 0 Å². The summed E-state index contributed by atoms with van der Waals surface area (Å²) in [6.07, 6.45) is 8.42. The largest absolute Gasteiger partial charge is 0.469 e. The topological polar surface area (TPSA) is 52.6 Å². The molecule has 4 bridgehead atoms. The Morgan fingerprint density at radius 1 is 1.04 bits per heavy atom. The van der Waals surface area contributed by atoms with Crippen molar-refractivity contribution in [3.8, 4) is 0 Å². The van der Waals surface area contributed by atoms with Crippen LogP contribution < -0.4 is 0 Å². The molecule has 0 aromatic carbocycles. The van der Waals surface area contributed by atoms with Crippen molar-refractivity contribution in [2.45, 2.75) is 70.8 Å². The zero-order valence-corrected chi connectivity index (χ0v) is 14.7. The van der Waals surface area contributed by atoms with Crippen LogP contribution in [0.2, 0.25) is 0 Å². The Hall–Kier alpha value is -1.06. The SMILES string of the molecule is CCC(CC(C)C(=O)OC12CC3CC(CC(C3)C1)C2)C(=O)OC. The lowest BCUT2D eigenvalue weighted by Gasteiger charge is -2.55. The Morgan fingerprint density at radius 2 is 1.57 bits per heavy atom. The molecule has 0 aromatic heterocycles. The summed E-state index contributed by atoms with van der Waals surface area (Å²) in [5, 5.41) is 0. The first kappa shape index (κ1) is 16.8. The van der Waals surface area contributed by atoms with Crippen LogP contribution in [0.5, 0.6) is 0 Å². The molecule has 0 amide bonds. The second-order valence-corrected chi connectivity index (χ2v) is 8.29. The average molecular weight is 322 g/mol. The summed E-state index contributed by atoms with van der Waals surface area (Å²) in [6.45, 7) is 3.84. The van der Waals surface area contributed by atoms with Gasteiger partial charge in [-0.3, -0.25) is 9.59 Å². The number of carbonyl (C=O) groups is 2. The molecule has 23 heavy (non-hydrogen) atoms. The number of ether oxygens (including phenoxy) is 2. The lowest BCUT2D eigenvalue weighted by Crippen LogP contribution is -2.53. The number of rotatable bonds is 6. The van der Waals surface area contributed by atoms with Gasteiger partial charge in [0.15, 0.2) is 0 Å². The molecule has 0 aliphatic heterocycles. The molecular weight excluding hydrogens is 292 g/mol. The number of esters is 2. The standard InChI is InChI=1S/C19H30O4/c1-4-16(18(21)22-3)5-12(2)17(20)23-19-9-13-6-14(10-19)8-15(7-13)11-19/h12-16H,4-11H2,1-3H3. The molecule has 2 unspecified atom stereocenters. The summed E-state index contributed by atoms with van der Waals surface area (Å²) in [7, 11) is 1.41. The van der Waals surface area contributed by atoms with Crippen molar-refractivity contribution >= 4 is 11.9 Å². The fourth-order valence-electron chi connectivity index (χ4n) is 5.59. The predicted octanol–water partition coefficient (Wildman–Crippen LogP) is 3.72. The van der Waals surface area contributed by atoms with Gasteiger partial charge in [0, 0.05) is 0 Å². The van der Waals surface area contributed by atoms with Crippen molar-refractivity contribution in [2.24, 2.45) is 29.6 Å². The minimum atomic E-state index is -0.243. The van der Waals surface area contributed by atoms with Crippen LogP contribution in [0.4, 0.5) is 0 Å². The molecule has 2 atom stereocenters. The van der Waals surface area contributed by atoms with Crippen LogP contribution in [0.15, 0.2) is 0 Å². The summed E-state index contributed by atoms with van der Waals surface area (Å²) >= 11 is 0. The molecule has 0 radical (unpaired) electrons.